The topological polar surface area (TPSA) is 70.2 Å². The molecule has 2 aromatic carbocycles. The third kappa shape index (κ3) is 4.89. The Morgan fingerprint density at radius 1 is 1.00 bits per heavy atom. The van der Waals surface area contributed by atoms with Crippen LogP contribution in [0.15, 0.2) is 54.7 Å². The van der Waals surface area contributed by atoms with Crippen LogP contribution in [-0.4, -0.2) is 29.2 Å². The molecule has 1 saturated heterocycles. The van der Waals surface area contributed by atoms with Crippen LogP contribution >= 0.6 is 0 Å². The minimum Gasteiger partial charge on any atom is -0.370 e. The number of halogens is 2. The first-order chi connectivity index (χ1) is 14.6. The molecule has 0 bridgehead atoms. The van der Waals surface area contributed by atoms with E-state index in [2.05, 4.69) is 25.7 Å². The molecule has 30 heavy (non-hydrogen) atoms. The monoisotopic (exact) mass is 409 g/mol. The maximum absolute atomic E-state index is 13.7. The number of hydrogen-bond acceptors (Lipinski definition) is 5. The normalized spacial score (nSPS) is 13.3. The fourth-order valence-corrected chi connectivity index (χ4v) is 3.39. The average Bonchev–Trinajstić information content (AvgIpc) is 3.27. The van der Waals surface area contributed by atoms with Crippen LogP contribution in [-0.2, 0) is 11.2 Å². The Balaban J connectivity index is 1.36. The van der Waals surface area contributed by atoms with Crippen molar-refractivity contribution in [2.75, 3.05) is 28.6 Å². The van der Waals surface area contributed by atoms with Crippen molar-refractivity contribution in [3.05, 3.63) is 71.9 Å². The third-order valence-corrected chi connectivity index (χ3v) is 4.92. The lowest BCUT2D eigenvalue weighted by atomic mass is 10.1. The molecule has 6 nitrogen and oxygen atoms in total. The highest BCUT2D eigenvalue weighted by atomic mass is 19.1. The number of nitrogens with one attached hydrogen (secondary N) is 2. The van der Waals surface area contributed by atoms with Crippen molar-refractivity contribution >= 4 is 28.8 Å². The number of carbonyl (C=O) groups excluding carboxylic acids is 1. The molecule has 0 radical (unpaired) electrons. The summed E-state index contributed by atoms with van der Waals surface area (Å²) in [6.45, 7) is 2.06. The van der Waals surface area contributed by atoms with Gasteiger partial charge in [-0.25, -0.2) is 8.78 Å². The van der Waals surface area contributed by atoms with E-state index in [4.69, 9.17) is 0 Å². The highest BCUT2D eigenvalue weighted by molar-refractivity contribution is 5.92. The van der Waals surface area contributed by atoms with E-state index in [9.17, 15) is 13.6 Å². The molecule has 0 saturated carbocycles. The van der Waals surface area contributed by atoms with Crippen molar-refractivity contribution in [1.82, 2.24) is 10.2 Å². The van der Waals surface area contributed by atoms with Crippen LogP contribution in [0, 0.1) is 11.6 Å². The Labute approximate surface area is 172 Å². The van der Waals surface area contributed by atoms with Crippen molar-refractivity contribution in [3.8, 4) is 0 Å². The first-order valence-corrected chi connectivity index (χ1v) is 9.75. The molecule has 2 heterocycles. The number of rotatable bonds is 6. The van der Waals surface area contributed by atoms with Crippen LogP contribution in [0.1, 0.15) is 18.4 Å². The number of amides is 1. The molecule has 8 heteroatoms. The summed E-state index contributed by atoms with van der Waals surface area (Å²) in [6, 6.07) is 12.2. The minimum absolute atomic E-state index is 0.142. The van der Waals surface area contributed by atoms with E-state index in [1.807, 2.05) is 6.07 Å². The number of aromatic nitrogens is 2. The van der Waals surface area contributed by atoms with Gasteiger partial charge in [0.05, 0.1) is 18.3 Å². The smallest absolute Gasteiger partial charge is 0.228 e. The summed E-state index contributed by atoms with van der Waals surface area (Å²) in [5, 5.41) is 14.1. The molecule has 154 valence electrons. The van der Waals surface area contributed by atoms with E-state index in [-0.39, 0.29) is 17.9 Å². The third-order valence-electron chi connectivity index (χ3n) is 4.92. The second-order valence-electron chi connectivity index (χ2n) is 7.16. The number of nitrogens with zero attached hydrogens (tertiary/aromatic N) is 3. The van der Waals surface area contributed by atoms with Gasteiger partial charge in [0.15, 0.2) is 5.82 Å². The van der Waals surface area contributed by atoms with Crippen LogP contribution in [0.5, 0.6) is 0 Å². The van der Waals surface area contributed by atoms with Gasteiger partial charge in [-0.15, -0.1) is 5.10 Å². The van der Waals surface area contributed by atoms with Crippen LogP contribution < -0.4 is 15.5 Å². The molecule has 0 spiro atoms. The standard InChI is InChI=1S/C22H21F2N5O/c23-16-4-3-15(20(24)12-16)11-22(30)27-18-7-5-17(6-8-18)26-21-13-19(14-25-28-21)29-9-1-2-10-29/h3-8,12-14H,1-2,9-11H2,(H,26,28)(H,27,30). The molecule has 1 amide bonds. The minimum atomic E-state index is -0.734. The second-order valence-corrected chi connectivity index (χ2v) is 7.16. The van der Waals surface area contributed by atoms with E-state index >= 15 is 0 Å². The fraction of sp³-hybridized carbons (Fsp3) is 0.227. The largest absolute Gasteiger partial charge is 0.370 e. The van der Waals surface area contributed by atoms with Crippen molar-refractivity contribution in [3.63, 3.8) is 0 Å². The zero-order valence-electron chi connectivity index (χ0n) is 16.2. The Bertz CT molecular complexity index is 1040. The van der Waals surface area contributed by atoms with Gasteiger partial charge < -0.3 is 15.5 Å². The molecular weight excluding hydrogens is 388 g/mol. The fourth-order valence-electron chi connectivity index (χ4n) is 3.39. The second kappa shape index (κ2) is 8.86. The molecule has 1 fully saturated rings. The van der Waals surface area contributed by atoms with Gasteiger partial charge in [0.2, 0.25) is 5.91 Å². The molecule has 1 aliphatic rings. The Kier molecular flexibility index (Phi) is 5.83. The highest BCUT2D eigenvalue weighted by Crippen LogP contribution is 2.23. The van der Waals surface area contributed by atoms with Gasteiger partial charge in [-0.3, -0.25) is 4.79 Å². The van der Waals surface area contributed by atoms with Gasteiger partial charge in [0.1, 0.15) is 11.6 Å². The maximum Gasteiger partial charge on any atom is 0.228 e. The SMILES string of the molecule is O=C(Cc1ccc(F)cc1F)Nc1ccc(Nc2cc(N3CCCC3)cnn2)cc1. The lowest BCUT2D eigenvalue weighted by Crippen LogP contribution is -2.18. The Morgan fingerprint density at radius 3 is 2.47 bits per heavy atom. The number of anilines is 4. The molecule has 0 aliphatic carbocycles. The first-order valence-electron chi connectivity index (χ1n) is 9.75. The molecule has 2 N–H and O–H groups in total. The Hall–Kier alpha value is -3.55. The van der Waals surface area contributed by atoms with Gasteiger partial charge in [0, 0.05) is 36.6 Å². The lowest BCUT2D eigenvalue weighted by Gasteiger charge is -2.17. The number of hydrogen-bond donors (Lipinski definition) is 2. The van der Waals surface area contributed by atoms with Gasteiger partial charge in [-0.1, -0.05) is 6.07 Å². The summed E-state index contributed by atoms with van der Waals surface area (Å²) in [5.74, 6) is -1.15. The molecule has 0 unspecified atom stereocenters. The summed E-state index contributed by atoms with van der Waals surface area (Å²) < 4.78 is 26.7. The van der Waals surface area contributed by atoms with Crippen LogP contribution in [0.2, 0.25) is 0 Å². The van der Waals surface area contributed by atoms with Crippen LogP contribution in [0.3, 0.4) is 0 Å². The zero-order chi connectivity index (χ0) is 20.9. The summed E-state index contributed by atoms with van der Waals surface area (Å²) in [7, 11) is 0. The van der Waals surface area contributed by atoms with Crippen LogP contribution in [0.4, 0.5) is 31.7 Å². The predicted octanol–water partition coefficient (Wildman–Crippen LogP) is 4.28. The van der Waals surface area contributed by atoms with Crippen molar-refractivity contribution in [1.29, 1.82) is 0 Å². The summed E-state index contributed by atoms with van der Waals surface area (Å²) >= 11 is 0. The van der Waals surface area contributed by atoms with E-state index in [1.54, 1.807) is 30.5 Å². The lowest BCUT2D eigenvalue weighted by molar-refractivity contribution is -0.115. The number of carbonyl (C=O) groups is 1. The zero-order valence-corrected chi connectivity index (χ0v) is 16.2. The highest BCUT2D eigenvalue weighted by Gasteiger charge is 2.13. The maximum atomic E-state index is 13.7. The van der Waals surface area contributed by atoms with E-state index in [0.717, 1.165) is 36.6 Å². The molecule has 1 aliphatic heterocycles. The molecular formula is C22H21F2N5O. The van der Waals surface area contributed by atoms with Gasteiger partial charge >= 0.3 is 0 Å². The predicted molar refractivity (Wildman–Crippen MR) is 112 cm³/mol. The van der Waals surface area contributed by atoms with E-state index in [1.165, 1.54) is 18.9 Å². The summed E-state index contributed by atoms with van der Waals surface area (Å²) in [4.78, 5) is 14.4. The molecule has 3 aromatic rings. The van der Waals surface area contributed by atoms with Crippen LogP contribution in [0.25, 0.3) is 0 Å². The van der Waals surface area contributed by atoms with Crippen molar-refractivity contribution in [2.24, 2.45) is 0 Å². The van der Waals surface area contributed by atoms with E-state index < -0.39 is 11.6 Å². The van der Waals surface area contributed by atoms with Gasteiger partial charge in [0.25, 0.3) is 0 Å². The van der Waals surface area contributed by atoms with Crippen molar-refractivity contribution in [2.45, 2.75) is 19.3 Å². The molecule has 1 aromatic heterocycles. The first kappa shape index (κ1) is 19.8. The number of benzene rings is 2. The van der Waals surface area contributed by atoms with Crippen molar-refractivity contribution < 1.29 is 13.6 Å². The average molecular weight is 409 g/mol. The molecule has 4 rings (SSSR count). The quantitative estimate of drug-likeness (QED) is 0.636. The van der Waals surface area contributed by atoms with Gasteiger partial charge in [-0.05, 0) is 48.7 Å². The van der Waals surface area contributed by atoms with Gasteiger partial charge in [-0.2, -0.15) is 5.10 Å². The summed E-state index contributed by atoms with van der Waals surface area (Å²) in [5.41, 5.74) is 2.56. The Morgan fingerprint density at radius 2 is 1.73 bits per heavy atom. The summed E-state index contributed by atoms with van der Waals surface area (Å²) in [6.07, 6.45) is 3.96. The van der Waals surface area contributed by atoms with E-state index in [0.29, 0.717) is 11.5 Å². The molecule has 0 atom stereocenters.